The van der Waals surface area contributed by atoms with Crippen LogP contribution >= 0.6 is 0 Å². The van der Waals surface area contributed by atoms with Crippen LogP contribution in [0.15, 0.2) is 109 Å². The van der Waals surface area contributed by atoms with Crippen LogP contribution in [0.25, 0.3) is 0 Å². The van der Waals surface area contributed by atoms with Gasteiger partial charge in [0.2, 0.25) is 0 Å². The highest BCUT2D eigenvalue weighted by atomic mass is 16.5. The van der Waals surface area contributed by atoms with E-state index in [4.69, 9.17) is 9.47 Å². The molecule has 0 aromatic heterocycles. The van der Waals surface area contributed by atoms with Gasteiger partial charge in [0.1, 0.15) is 11.5 Å². The second-order valence-corrected chi connectivity index (χ2v) is 7.55. The van der Waals surface area contributed by atoms with Crippen molar-refractivity contribution in [2.75, 3.05) is 14.2 Å². The summed E-state index contributed by atoms with van der Waals surface area (Å²) < 4.78 is 11.3. The predicted octanol–water partition coefficient (Wildman–Crippen LogP) is 4.88. The molecule has 0 amide bonds. The summed E-state index contributed by atoms with van der Waals surface area (Å²) in [6.45, 7) is 0. The SMILES string of the molecule is COc1ccccc1[C@](O)(c1ccccc1)[C@](O)(c1ccccc1)c1ccccc1OC. The van der Waals surface area contributed by atoms with Crippen LogP contribution in [-0.2, 0) is 11.2 Å². The van der Waals surface area contributed by atoms with Crippen molar-refractivity contribution in [1.82, 2.24) is 0 Å². The molecule has 4 aromatic carbocycles. The highest BCUT2D eigenvalue weighted by Crippen LogP contribution is 2.53. The van der Waals surface area contributed by atoms with Gasteiger partial charge in [-0.1, -0.05) is 97.1 Å². The Hall–Kier alpha value is -3.60. The summed E-state index contributed by atoms with van der Waals surface area (Å²) in [5, 5.41) is 25.5. The highest BCUT2D eigenvalue weighted by molar-refractivity contribution is 5.56. The first-order valence-electron chi connectivity index (χ1n) is 10.4. The third-order valence-electron chi connectivity index (χ3n) is 5.90. The van der Waals surface area contributed by atoms with Gasteiger partial charge in [-0.15, -0.1) is 0 Å². The van der Waals surface area contributed by atoms with Crippen LogP contribution < -0.4 is 9.47 Å². The number of para-hydroxylation sites is 2. The van der Waals surface area contributed by atoms with Crippen LogP contribution in [0.5, 0.6) is 11.5 Å². The molecular formula is C28H26O4. The molecule has 4 heteroatoms. The molecule has 0 saturated carbocycles. The van der Waals surface area contributed by atoms with Gasteiger partial charge in [0, 0.05) is 11.1 Å². The summed E-state index contributed by atoms with van der Waals surface area (Å²) in [4.78, 5) is 0. The van der Waals surface area contributed by atoms with E-state index in [0.717, 1.165) is 0 Å². The number of methoxy groups -OCH3 is 2. The van der Waals surface area contributed by atoms with Gasteiger partial charge in [-0.2, -0.15) is 0 Å². The maximum Gasteiger partial charge on any atom is 0.155 e. The molecule has 2 N–H and O–H groups in total. The van der Waals surface area contributed by atoms with Crippen LogP contribution in [0.4, 0.5) is 0 Å². The minimum Gasteiger partial charge on any atom is -0.496 e. The lowest BCUT2D eigenvalue weighted by Crippen LogP contribution is -2.51. The lowest BCUT2D eigenvalue weighted by molar-refractivity contribution is -0.114. The molecule has 0 spiro atoms. The Morgan fingerprint density at radius 3 is 1.12 bits per heavy atom. The van der Waals surface area contributed by atoms with Gasteiger partial charge in [0.25, 0.3) is 0 Å². The Labute approximate surface area is 188 Å². The molecular weight excluding hydrogens is 400 g/mol. The van der Waals surface area contributed by atoms with E-state index in [1.807, 2.05) is 60.7 Å². The molecule has 0 aliphatic heterocycles. The Morgan fingerprint density at radius 1 is 0.469 bits per heavy atom. The third-order valence-corrected chi connectivity index (χ3v) is 5.90. The fraction of sp³-hybridized carbons (Fsp3) is 0.143. The summed E-state index contributed by atoms with van der Waals surface area (Å²) in [7, 11) is 3.10. The van der Waals surface area contributed by atoms with Crippen molar-refractivity contribution in [3.63, 3.8) is 0 Å². The molecule has 2 atom stereocenters. The van der Waals surface area contributed by atoms with Crippen LogP contribution in [0.2, 0.25) is 0 Å². The van der Waals surface area contributed by atoms with Crippen molar-refractivity contribution < 1.29 is 19.7 Å². The van der Waals surface area contributed by atoms with E-state index in [0.29, 0.717) is 33.8 Å². The molecule has 0 fully saturated rings. The largest absolute Gasteiger partial charge is 0.496 e. The van der Waals surface area contributed by atoms with E-state index in [1.54, 1.807) is 62.8 Å². The monoisotopic (exact) mass is 426 g/mol. The lowest BCUT2D eigenvalue weighted by Gasteiger charge is -2.45. The van der Waals surface area contributed by atoms with Gasteiger partial charge in [-0.25, -0.2) is 0 Å². The Balaban J connectivity index is 2.17. The molecule has 0 bridgehead atoms. The molecule has 0 aliphatic rings. The maximum atomic E-state index is 12.7. The molecule has 0 saturated heterocycles. The fourth-order valence-electron chi connectivity index (χ4n) is 4.36. The van der Waals surface area contributed by atoms with Crippen LogP contribution in [0, 0.1) is 0 Å². The van der Waals surface area contributed by atoms with E-state index in [2.05, 4.69) is 0 Å². The highest BCUT2D eigenvalue weighted by Gasteiger charge is 2.56. The minimum atomic E-state index is -1.92. The predicted molar refractivity (Wildman–Crippen MR) is 125 cm³/mol. The van der Waals surface area contributed by atoms with E-state index in [9.17, 15) is 10.2 Å². The maximum absolute atomic E-state index is 12.7. The topological polar surface area (TPSA) is 58.9 Å². The molecule has 162 valence electrons. The first-order chi connectivity index (χ1) is 15.6. The first kappa shape index (κ1) is 21.6. The van der Waals surface area contributed by atoms with E-state index >= 15 is 0 Å². The van der Waals surface area contributed by atoms with Crippen molar-refractivity contribution >= 4 is 0 Å². The average molecular weight is 427 g/mol. The third kappa shape index (κ3) is 3.34. The van der Waals surface area contributed by atoms with Gasteiger partial charge in [-0.05, 0) is 23.3 Å². The molecule has 4 nitrogen and oxygen atoms in total. The van der Waals surface area contributed by atoms with Crippen molar-refractivity contribution in [3.8, 4) is 11.5 Å². The van der Waals surface area contributed by atoms with Crippen molar-refractivity contribution in [3.05, 3.63) is 131 Å². The average Bonchev–Trinajstić information content (AvgIpc) is 2.88. The standard InChI is InChI=1S/C28H26O4/c1-31-25-19-11-9-17-23(25)27(29,21-13-5-3-6-14-21)28(30,22-15-7-4-8-16-22)24-18-10-12-20-26(24)32-2/h3-20,29-30H,1-2H3/t27-,28+. The normalized spacial score (nSPS) is 14.8. The number of aliphatic hydroxyl groups is 2. The molecule has 0 heterocycles. The van der Waals surface area contributed by atoms with Gasteiger partial charge in [0.05, 0.1) is 14.2 Å². The van der Waals surface area contributed by atoms with E-state index < -0.39 is 11.2 Å². The zero-order valence-electron chi connectivity index (χ0n) is 18.1. The quantitative estimate of drug-likeness (QED) is 0.442. The summed E-state index contributed by atoms with van der Waals surface area (Å²) in [6, 6.07) is 32.7. The van der Waals surface area contributed by atoms with Crippen LogP contribution in [0.1, 0.15) is 22.3 Å². The van der Waals surface area contributed by atoms with Crippen molar-refractivity contribution in [1.29, 1.82) is 0 Å². The number of hydrogen-bond acceptors (Lipinski definition) is 4. The Kier molecular flexibility index (Phi) is 5.99. The second-order valence-electron chi connectivity index (χ2n) is 7.55. The number of hydrogen-bond donors (Lipinski definition) is 2. The van der Waals surface area contributed by atoms with Crippen molar-refractivity contribution in [2.45, 2.75) is 11.2 Å². The molecule has 32 heavy (non-hydrogen) atoms. The summed E-state index contributed by atoms with van der Waals surface area (Å²) in [5.74, 6) is 0.922. The summed E-state index contributed by atoms with van der Waals surface area (Å²) in [6.07, 6.45) is 0. The molecule has 0 radical (unpaired) electrons. The van der Waals surface area contributed by atoms with Gasteiger partial charge in [0.15, 0.2) is 11.2 Å². The zero-order valence-corrected chi connectivity index (χ0v) is 18.1. The Bertz CT molecular complexity index is 1080. The lowest BCUT2D eigenvalue weighted by atomic mass is 9.66. The van der Waals surface area contributed by atoms with Crippen molar-refractivity contribution in [2.24, 2.45) is 0 Å². The van der Waals surface area contributed by atoms with Crippen LogP contribution in [-0.4, -0.2) is 24.4 Å². The van der Waals surface area contributed by atoms with Gasteiger partial charge < -0.3 is 19.7 Å². The van der Waals surface area contributed by atoms with Crippen LogP contribution in [0.3, 0.4) is 0 Å². The fourth-order valence-corrected chi connectivity index (χ4v) is 4.36. The molecule has 0 unspecified atom stereocenters. The van der Waals surface area contributed by atoms with E-state index in [1.165, 1.54) is 0 Å². The number of ether oxygens (including phenoxy) is 2. The first-order valence-corrected chi connectivity index (χ1v) is 10.4. The van der Waals surface area contributed by atoms with Gasteiger partial charge >= 0.3 is 0 Å². The molecule has 4 rings (SSSR count). The Morgan fingerprint density at radius 2 is 0.781 bits per heavy atom. The van der Waals surface area contributed by atoms with Gasteiger partial charge in [-0.3, -0.25) is 0 Å². The summed E-state index contributed by atoms with van der Waals surface area (Å²) in [5.41, 5.74) is -1.94. The zero-order chi connectivity index (χ0) is 22.6. The molecule has 0 aliphatic carbocycles. The smallest absolute Gasteiger partial charge is 0.155 e. The number of benzene rings is 4. The molecule has 4 aromatic rings. The summed E-state index contributed by atoms with van der Waals surface area (Å²) >= 11 is 0. The number of rotatable bonds is 7. The second kappa shape index (κ2) is 8.87. The minimum absolute atomic E-state index is 0.436. The van der Waals surface area contributed by atoms with E-state index in [-0.39, 0.29) is 0 Å².